The molecule has 0 saturated carbocycles. The molecule has 1 amide bonds. The van der Waals surface area contributed by atoms with Gasteiger partial charge >= 0.3 is 11.7 Å². The lowest BCUT2D eigenvalue weighted by Gasteiger charge is -2.13. The first-order valence-corrected chi connectivity index (χ1v) is 8.59. The summed E-state index contributed by atoms with van der Waals surface area (Å²) >= 11 is 0. The number of anilines is 1. The number of carbonyl (C=O) groups excluding carboxylic acids is 2. The monoisotopic (exact) mass is 401 g/mol. The van der Waals surface area contributed by atoms with Crippen LogP contribution in [0.15, 0.2) is 36.4 Å². The number of aryl methyl sites for hydroxylation is 1. The first kappa shape index (κ1) is 19.9. The standard InChI is InChI=1S/C18H16FN5O5/c1-3-23-15-7-4-11(8-14(15)21-22-23)18(26)29-10(2)17(25)20-12-5-6-13(19)16(9-12)24(27)28/h4-10H,3H2,1-2H3,(H,20,25). The van der Waals surface area contributed by atoms with Crippen LogP contribution < -0.4 is 5.32 Å². The maximum absolute atomic E-state index is 13.4. The summed E-state index contributed by atoms with van der Waals surface area (Å²) in [6.07, 6.45) is -1.20. The fraction of sp³-hybridized carbons (Fsp3) is 0.222. The highest BCUT2D eigenvalue weighted by Crippen LogP contribution is 2.22. The van der Waals surface area contributed by atoms with Crippen LogP contribution in [0, 0.1) is 15.9 Å². The molecule has 1 N–H and O–H groups in total. The third kappa shape index (κ3) is 4.18. The van der Waals surface area contributed by atoms with Gasteiger partial charge in [-0.05, 0) is 44.2 Å². The van der Waals surface area contributed by atoms with Gasteiger partial charge in [0.1, 0.15) is 5.52 Å². The van der Waals surface area contributed by atoms with Crippen molar-refractivity contribution in [1.29, 1.82) is 0 Å². The second-order valence-corrected chi connectivity index (χ2v) is 6.07. The van der Waals surface area contributed by atoms with Crippen LogP contribution in [-0.2, 0) is 16.1 Å². The molecule has 10 nitrogen and oxygen atoms in total. The largest absolute Gasteiger partial charge is 0.449 e. The van der Waals surface area contributed by atoms with Crippen LogP contribution >= 0.6 is 0 Å². The number of ether oxygens (including phenoxy) is 1. The van der Waals surface area contributed by atoms with Crippen LogP contribution in [-0.4, -0.2) is 37.9 Å². The second kappa shape index (κ2) is 8.00. The summed E-state index contributed by atoms with van der Waals surface area (Å²) in [5.41, 5.74) is 0.687. The van der Waals surface area contributed by atoms with Gasteiger partial charge in [-0.25, -0.2) is 9.48 Å². The fourth-order valence-electron chi connectivity index (χ4n) is 2.59. The molecule has 0 aliphatic carbocycles. The molecule has 0 radical (unpaired) electrons. The van der Waals surface area contributed by atoms with E-state index in [1.807, 2.05) is 6.92 Å². The molecule has 0 saturated heterocycles. The van der Waals surface area contributed by atoms with E-state index in [1.54, 1.807) is 10.7 Å². The van der Waals surface area contributed by atoms with Crippen molar-refractivity contribution in [2.45, 2.75) is 26.5 Å². The lowest BCUT2D eigenvalue weighted by molar-refractivity contribution is -0.387. The number of nitro benzene ring substituents is 1. The molecule has 11 heteroatoms. The molecule has 1 heterocycles. The second-order valence-electron chi connectivity index (χ2n) is 6.07. The van der Waals surface area contributed by atoms with Crippen LogP contribution in [0.3, 0.4) is 0 Å². The number of benzene rings is 2. The zero-order valence-corrected chi connectivity index (χ0v) is 15.5. The Bertz CT molecular complexity index is 1110. The summed E-state index contributed by atoms with van der Waals surface area (Å²) < 4.78 is 20.2. The summed E-state index contributed by atoms with van der Waals surface area (Å²) in [5, 5.41) is 21.1. The lowest BCUT2D eigenvalue weighted by Crippen LogP contribution is -2.30. The Hall–Kier alpha value is -3.89. The fourth-order valence-corrected chi connectivity index (χ4v) is 2.59. The summed E-state index contributed by atoms with van der Waals surface area (Å²) in [7, 11) is 0. The minimum atomic E-state index is -1.20. The first-order valence-electron chi connectivity index (χ1n) is 8.59. The number of carbonyl (C=O) groups is 2. The number of nitrogens with zero attached hydrogens (tertiary/aromatic N) is 4. The van der Waals surface area contributed by atoms with E-state index in [0.29, 0.717) is 12.1 Å². The number of hydrogen-bond donors (Lipinski definition) is 1. The van der Waals surface area contributed by atoms with E-state index < -0.39 is 34.4 Å². The van der Waals surface area contributed by atoms with Gasteiger partial charge in [0.05, 0.1) is 16.0 Å². The summed E-state index contributed by atoms with van der Waals surface area (Å²) in [4.78, 5) is 34.4. The van der Waals surface area contributed by atoms with E-state index in [-0.39, 0.29) is 11.3 Å². The number of halogens is 1. The maximum atomic E-state index is 13.4. The minimum absolute atomic E-state index is 0.00333. The number of esters is 1. The van der Waals surface area contributed by atoms with E-state index in [1.165, 1.54) is 25.1 Å². The van der Waals surface area contributed by atoms with Gasteiger partial charge in [0.2, 0.25) is 5.82 Å². The first-order chi connectivity index (χ1) is 13.8. The molecule has 3 aromatic rings. The predicted octanol–water partition coefficient (Wildman–Crippen LogP) is 2.68. The average molecular weight is 401 g/mol. The van der Waals surface area contributed by atoms with E-state index in [2.05, 4.69) is 15.6 Å². The smallest absolute Gasteiger partial charge is 0.338 e. The van der Waals surface area contributed by atoms with Gasteiger partial charge in [-0.2, -0.15) is 4.39 Å². The minimum Gasteiger partial charge on any atom is -0.449 e. The van der Waals surface area contributed by atoms with Gasteiger partial charge in [-0.15, -0.1) is 5.10 Å². The average Bonchev–Trinajstić information content (AvgIpc) is 3.11. The molecule has 1 aromatic heterocycles. The van der Waals surface area contributed by atoms with Gasteiger partial charge in [0.15, 0.2) is 6.10 Å². The summed E-state index contributed by atoms with van der Waals surface area (Å²) in [5.74, 6) is -2.49. The SMILES string of the molecule is CCn1nnc2cc(C(=O)OC(C)C(=O)Nc3ccc(F)c([N+](=O)[O-])c3)ccc21. The molecule has 0 fully saturated rings. The Labute approximate surface area is 163 Å². The molecule has 0 bridgehead atoms. The van der Waals surface area contributed by atoms with Gasteiger partial charge in [0.25, 0.3) is 5.91 Å². The van der Waals surface area contributed by atoms with Crippen LogP contribution in [0.25, 0.3) is 11.0 Å². The third-order valence-corrected chi connectivity index (χ3v) is 4.11. The molecule has 0 spiro atoms. The molecule has 0 aliphatic heterocycles. The number of fused-ring (bicyclic) bond motifs is 1. The van der Waals surface area contributed by atoms with Crippen LogP contribution in [0.4, 0.5) is 15.8 Å². The Morgan fingerprint density at radius 3 is 2.76 bits per heavy atom. The topological polar surface area (TPSA) is 129 Å². The third-order valence-electron chi connectivity index (χ3n) is 4.11. The molecule has 1 unspecified atom stereocenters. The van der Waals surface area contributed by atoms with Crippen LogP contribution in [0.5, 0.6) is 0 Å². The number of rotatable bonds is 6. The van der Waals surface area contributed by atoms with Crippen LogP contribution in [0.2, 0.25) is 0 Å². The van der Waals surface area contributed by atoms with E-state index >= 15 is 0 Å². The van der Waals surface area contributed by atoms with Crippen molar-refractivity contribution >= 4 is 34.3 Å². The van der Waals surface area contributed by atoms with Gasteiger partial charge in [-0.1, -0.05) is 5.21 Å². The Kier molecular flexibility index (Phi) is 5.48. The summed E-state index contributed by atoms with van der Waals surface area (Å²) in [6.45, 7) is 3.88. The molecule has 3 rings (SSSR count). The van der Waals surface area contributed by atoms with Crippen molar-refractivity contribution in [3.8, 4) is 0 Å². The molecule has 2 aromatic carbocycles. The quantitative estimate of drug-likeness (QED) is 0.382. The number of nitro groups is 1. The van der Waals surface area contributed by atoms with Gasteiger partial charge in [0, 0.05) is 18.3 Å². The van der Waals surface area contributed by atoms with Crippen molar-refractivity contribution < 1.29 is 23.6 Å². The highest BCUT2D eigenvalue weighted by atomic mass is 19.1. The van der Waals surface area contributed by atoms with E-state index in [9.17, 15) is 24.1 Å². The maximum Gasteiger partial charge on any atom is 0.338 e. The number of aromatic nitrogens is 3. The van der Waals surface area contributed by atoms with Crippen molar-refractivity contribution in [2.24, 2.45) is 0 Å². The summed E-state index contributed by atoms with van der Waals surface area (Å²) in [6, 6.07) is 7.63. The Balaban J connectivity index is 1.68. The molecule has 0 aliphatic rings. The molecular weight excluding hydrogens is 385 g/mol. The van der Waals surface area contributed by atoms with E-state index in [0.717, 1.165) is 17.6 Å². The zero-order chi connectivity index (χ0) is 21.1. The lowest BCUT2D eigenvalue weighted by atomic mass is 10.2. The Morgan fingerprint density at radius 2 is 2.07 bits per heavy atom. The normalized spacial score (nSPS) is 11.8. The highest BCUT2D eigenvalue weighted by molar-refractivity contribution is 5.98. The number of nitrogens with one attached hydrogen (secondary N) is 1. The highest BCUT2D eigenvalue weighted by Gasteiger charge is 2.21. The van der Waals surface area contributed by atoms with Crippen LogP contribution in [0.1, 0.15) is 24.2 Å². The van der Waals surface area contributed by atoms with Crippen molar-refractivity contribution in [3.05, 3.63) is 57.9 Å². The molecule has 29 heavy (non-hydrogen) atoms. The predicted molar refractivity (Wildman–Crippen MR) is 99.8 cm³/mol. The van der Waals surface area contributed by atoms with Gasteiger partial charge in [-0.3, -0.25) is 14.9 Å². The molecule has 150 valence electrons. The number of hydrogen-bond acceptors (Lipinski definition) is 7. The zero-order valence-electron chi connectivity index (χ0n) is 15.5. The van der Waals surface area contributed by atoms with Crippen molar-refractivity contribution in [2.75, 3.05) is 5.32 Å². The van der Waals surface area contributed by atoms with Gasteiger partial charge < -0.3 is 10.1 Å². The number of amides is 1. The molecular formula is C18H16FN5O5. The molecule has 1 atom stereocenters. The van der Waals surface area contributed by atoms with Crippen molar-refractivity contribution in [3.63, 3.8) is 0 Å². The van der Waals surface area contributed by atoms with E-state index in [4.69, 9.17) is 4.74 Å². The van der Waals surface area contributed by atoms with Crippen molar-refractivity contribution in [1.82, 2.24) is 15.0 Å². The Morgan fingerprint density at radius 1 is 1.31 bits per heavy atom.